The Morgan fingerprint density at radius 1 is 1.46 bits per heavy atom. The molecule has 0 atom stereocenters. The summed E-state index contributed by atoms with van der Waals surface area (Å²) >= 11 is 0. The Morgan fingerprint density at radius 3 is 2.62 bits per heavy atom. The Labute approximate surface area is 79.9 Å². The zero-order valence-electron chi connectivity index (χ0n) is 8.71. The van der Waals surface area contributed by atoms with E-state index < -0.39 is 0 Å². The van der Waals surface area contributed by atoms with E-state index in [1.807, 2.05) is 6.92 Å². The average molecular weight is 185 g/mol. The van der Waals surface area contributed by atoms with Crippen molar-refractivity contribution in [2.45, 2.75) is 25.8 Å². The van der Waals surface area contributed by atoms with Crippen molar-refractivity contribution < 1.29 is 4.84 Å². The summed E-state index contributed by atoms with van der Waals surface area (Å²) in [6, 6.07) is 0.471. The number of nitrogens with one attached hydrogen (secondary N) is 1. The fourth-order valence-electron chi connectivity index (χ4n) is 1.57. The number of piperidine rings is 1. The number of nitrogens with zero attached hydrogens (tertiary/aromatic N) is 2. The predicted molar refractivity (Wildman–Crippen MR) is 53.8 cm³/mol. The van der Waals surface area contributed by atoms with Gasteiger partial charge in [-0.15, -0.1) is 0 Å². The summed E-state index contributed by atoms with van der Waals surface area (Å²) in [6.45, 7) is 4.23. The lowest BCUT2D eigenvalue weighted by molar-refractivity contribution is 0.143. The van der Waals surface area contributed by atoms with Gasteiger partial charge in [0.05, 0.1) is 13.2 Å². The highest BCUT2D eigenvalue weighted by Gasteiger charge is 2.15. The van der Waals surface area contributed by atoms with Crippen LogP contribution in [0.2, 0.25) is 0 Å². The highest BCUT2D eigenvalue weighted by atomic mass is 16.6. The van der Waals surface area contributed by atoms with Gasteiger partial charge in [0.2, 0.25) is 0 Å². The van der Waals surface area contributed by atoms with Crippen molar-refractivity contribution in [3.05, 3.63) is 0 Å². The number of likely N-dealkylation sites (tertiary alicyclic amines) is 1. The molecule has 1 fully saturated rings. The molecule has 0 unspecified atom stereocenters. The molecule has 4 nitrogen and oxygen atoms in total. The van der Waals surface area contributed by atoms with E-state index in [0.717, 1.165) is 31.8 Å². The second-order valence-electron chi connectivity index (χ2n) is 3.56. The van der Waals surface area contributed by atoms with Crippen LogP contribution in [0.15, 0.2) is 4.99 Å². The van der Waals surface area contributed by atoms with Gasteiger partial charge in [0.15, 0.2) is 0 Å². The molecule has 0 saturated carbocycles. The van der Waals surface area contributed by atoms with Crippen LogP contribution in [0.3, 0.4) is 0 Å². The van der Waals surface area contributed by atoms with Crippen LogP contribution in [0.4, 0.5) is 0 Å². The minimum absolute atomic E-state index is 0.471. The van der Waals surface area contributed by atoms with Gasteiger partial charge in [0.25, 0.3) is 0 Å². The Morgan fingerprint density at radius 2 is 2.08 bits per heavy atom. The van der Waals surface area contributed by atoms with E-state index in [-0.39, 0.29) is 0 Å². The molecular weight excluding hydrogens is 166 g/mol. The van der Waals surface area contributed by atoms with E-state index in [9.17, 15) is 0 Å². The van der Waals surface area contributed by atoms with Gasteiger partial charge >= 0.3 is 0 Å². The molecule has 0 aromatic carbocycles. The molecule has 0 bridgehead atoms. The van der Waals surface area contributed by atoms with Crippen LogP contribution in [-0.4, -0.2) is 44.0 Å². The molecule has 1 heterocycles. The summed E-state index contributed by atoms with van der Waals surface area (Å²) in [4.78, 5) is 11.6. The first-order valence-electron chi connectivity index (χ1n) is 4.74. The quantitative estimate of drug-likeness (QED) is 0.390. The fraction of sp³-hybridized carbons (Fsp3) is 0.889. The van der Waals surface area contributed by atoms with Gasteiger partial charge in [-0.1, -0.05) is 0 Å². The molecule has 13 heavy (non-hydrogen) atoms. The molecule has 0 aromatic heterocycles. The highest BCUT2D eigenvalue weighted by molar-refractivity contribution is 5.78. The fourth-order valence-corrected chi connectivity index (χ4v) is 1.57. The van der Waals surface area contributed by atoms with E-state index in [1.165, 1.54) is 0 Å². The van der Waals surface area contributed by atoms with E-state index in [2.05, 4.69) is 22.4 Å². The lowest BCUT2D eigenvalue weighted by atomic mass is 10.1. The lowest BCUT2D eigenvalue weighted by Crippen LogP contribution is -2.33. The van der Waals surface area contributed by atoms with Crippen LogP contribution >= 0.6 is 0 Å². The maximum absolute atomic E-state index is 4.78. The normalized spacial score (nSPS) is 21.9. The van der Waals surface area contributed by atoms with Crippen molar-refractivity contribution in [3.8, 4) is 0 Å². The third-order valence-electron chi connectivity index (χ3n) is 2.31. The van der Waals surface area contributed by atoms with Gasteiger partial charge in [-0.05, 0) is 39.9 Å². The molecule has 1 rings (SSSR count). The Hall–Kier alpha value is -0.610. The van der Waals surface area contributed by atoms with E-state index in [0.29, 0.717) is 6.04 Å². The molecule has 0 amide bonds. The average Bonchev–Trinajstić information content (AvgIpc) is 2.09. The molecule has 1 aliphatic rings. The Bertz CT molecular complexity index is 174. The topological polar surface area (TPSA) is 36.9 Å². The first-order chi connectivity index (χ1) is 6.22. The van der Waals surface area contributed by atoms with Crippen molar-refractivity contribution in [1.82, 2.24) is 10.4 Å². The van der Waals surface area contributed by atoms with Crippen LogP contribution < -0.4 is 5.48 Å². The van der Waals surface area contributed by atoms with E-state index in [4.69, 9.17) is 4.84 Å². The Balaban J connectivity index is 2.32. The molecular formula is C9H19N3O. The molecule has 0 aliphatic carbocycles. The van der Waals surface area contributed by atoms with E-state index >= 15 is 0 Å². The summed E-state index contributed by atoms with van der Waals surface area (Å²) in [5, 5.41) is 0. The van der Waals surface area contributed by atoms with Crippen LogP contribution in [-0.2, 0) is 4.84 Å². The van der Waals surface area contributed by atoms with E-state index in [1.54, 1.807) is 7.11 Å². The molecule has 1 saturated heterocycles. The van der Waals surface area contributed by atoms with Gasteiger partial charge in [-0.25, -0.2) is 0 Å². The number of hydrogen-bond acceptors (Lipinski definition) is 3. The monoisotopic (exact) mass is 185 g/mol. The minimum atomic E-state index is 0.471. The van der Waals surface area contributed by atoms with Gasteiger partial charge < -0.3 is 4.90 Å². The van der Waals surface area contributed by atoms with Gasteiger partial charge in [-0.3, -0.25) is 15.3 Å². The van der Waals surface area contributed by atoms with Crippen molar-refractivity contribution in [2.24, 2.45) is 4.99 Å². The van der Waals surface area contributed by atoms with Gasteiger partial charge in [-0.2, -0.15) is 0 Å². The molecule has 76 valence electrons. The Kier molecular flexibility index (Phi) is 4.18. The number of amidine groups is 1. The summed E-state index contributed by atoms with van der Waals surface area (Å²) in [5.74, 6) is 0.872. The summed E-state index contributed by atoms with van der Waals surface area (Å²) in [5.41, 5.74) is 2.74. The van der Waals surface area contributed by atoms with Gasteiger partial charge in [0.1, 0.15) is 5.84 Å². The molecule has 4 heteroatoms. The maximum atomic E-state index is 4.78. The second-order valence-corrected chi connectivity index (χ2v) is 3.56. The van der Waals surface area contributed by atoms with Crippen molar-refractivity contribution >= 4 is 5.84 Å². The zero-order chi connectivity index (χ0) is 9.68. The molecule has 0 aromatic rings. The summed E-state index contributed by atoms with van der Waals surface area (Å²) in [6.07, 6.45) is 2.30. The standard InChI is InChI=1S/C9H19N3O/c1-8(11-13-3)10-9-4-6-12(2)7-5-9/h9H,4-7H2,1-3H3,(H,10,11). The lowest BCUT2D eigenvalue weighted by Gasteiger charge is -2.26. The SMILES string of the molecule is CONC(C)=NC1CCN(C)CC1. The van der Waals surface area contributed by atoms with Crippen LogP contribution in [0.5, 0.6) is 0 Å². The summed E-state index contributed by atoms with van der Waals surface area (Å²) in [7, 11) is 3.76. The zero-order valence-corrected chi connectivity index (χ0v) is 8.71. The molecule has 1 aliphatic heterocycles. The smallest absolute Gasteiger partial charge is 0.117 e. The van der Waals surface area contributed by atoms with Crippen LogP contribution in [0.25, 0.3) is 0 Å². The largest absolute Gasteiger partial charge is 0.306 e. The number of hydrogen-bond donors (Lipinski definition) is 1. The predicted octanol–water partition coefficient (Wildman–Crippen LogP) is 0.650. The summed E-state index contributed by atoms with van der Waals surface area (Å²) < 4.78 is 0. The third kappa shape index (κ3) is 3.74. The molecule has 0 radical (unpaired) electrons. The third-order valence-corrected chi connectivity index (χ3v) is 2.31. The highest BCUT2D eigenvalue weighted by Crippen LogP contribution is 2.11. The van der Waals surface area contributed by atoms with Gasteiger partial charge in [0, 0.05) is 0 Å². The van der Waals surface area contributed by atoms with Crippen molar-refractivity contribution in [3.63, 3.8) is 0 Å². The number of rotatable bonds is 2. The van der Waals surface area contributed by atoms with Crippen LogP contribution in [0.1, 0.15) is 19.8 Å². The van der Waals surface area contributed by atoms with Crippen molar-refractivity contribution in [2.75, 3.05) is 27.2 Å². The molecule has 0 spiro atoms. The first kappa shape index (κ1) is 10.5. The second kappa shape index (κ2) is 5.19. The first-order valence-corrected chi connectivity index (χ1v) is 4.74. The number of aliphatic imine (C=N–C) groups is 1. The molecule has 1 N–H and O–H groups in total. The van der Waals surface area contributed by atoms with Crippen molar-refractivity contribution in [1.29, 1.82) is 0 Å². The minimum Gasteiger partial charge on any atom is -0.306 e. The maximum Gasteiger partial charge on any atom is 0.117 e. The number of hydroxylamine groups is 1. The van der Waals surface area contributed by atoms with Crippen LogP contribution in [0, 0.1) is 0 Å².